The predicted octanol–water partition coefficient (Wildman–Crippen LogP) is 2.75. The molecule has 0 unspecified atom stereocenters. The molecule has 0 radical (unpaired) electrons. The summed E-state index contributed by atoms with van der Waals surface area (Å²) in [5.41, 5.74) is 4.51. The molecule has 31 heavy (non-hydrogen) atoms. The van der Waals surface area contributed by atoms with Crippen molar-refractivity contribution in [2.75, 3.05) is 18.6 Å². The van der Waals surface area contributed by atoms with Gasteiger partial charge in [0, 0.05) is 18.3 Å². The molecule has 0 saturated carbocycles. The van der Waals surface area contributed by atoms with E-state index < -0.39 is 24.1 Å². The molecule has 6 nitrogen and oxygen atoms in total. The summed E-state index contributed by atoms with van der Waals surface area (Å²) in [6, 6.07) is 14.7. The number of ketones is 1. The van der Waals surface area contributed by atoms with Gasteiger partial charge in [-0.1, -0.05) is 55.5 Å². The molecule has 1 N–H and O–H groups in total. The lowest BCUT2D eigenvalue weighted by Crippen LogP contribution is -2.45. The lowest BCUT2D eigenvalue weighted by molar-refractivity contribution is -0.251. The minimum absolute atomic E-state index is 0.0680. The molecule has 0 fully saturated rings. The highest BCUT2D eigenvalue weighted by atomic mass is 32.2. The van der Waals surface area contributed by atoms with Gasteiger partial charge < -0.3 is 15.2 Å². The maximum atomic E-state index is 12.6. The SMILES string of the molecule is CC[C@H](NC(=O)[C@H](CSC)N=C([O-])OCC1c2ccccc2-c2ccccc21)C(C)=O. The zero-order chi connectivity index (χ0) is 22.4. The highest BCUT2D eigenvalue weighted by Crippen LogP contribution is 2.44. The Morgan fingerprint density at radius 2 is 1.71 bits per heavy atom. The molecule has 7 heteroatoms. The second-order valence-electron chi connectivity index (χ2n) is 7.48. The van der Waals surface area contributed by atoms with E-state index in [0.29, 0.717) is 12.2 Å². The smallest absolute Gasteiger partial charge is 0.246 e. The molecule has 2 atom stereocenters. The number of nitrogens with one attached hydrogen (secondary N) is 1. The van der Waals surface area contributed by atoms with Gasteiger partial charge in [-0.2, -0.15) is 11.8 Å². The third-order valence-corrected chi connectivity index (χ3v) is 6.09. The first-order chi connectivity index (χ1) is 15.0. The van der Waals surface area contributed by atoms with Crippen LogP contribution < -0.4 is 10.4 Å². The van der Waals surface area contributed by atoms with Gasteiger partial charge in [-0.05, 0) is 41.9 Å². The number of nitrogens with zero attached hydrogens (tertiary/aromatic N) is 1. The number of Topliss-reactive ketones (excluding diaryl/α,β-unsaturated/α-hetero) is 1. The Morgan fingerprint density at radius 1 is 1.13 bits per heavy atom. The van der Waals surface area contributed by atoms with Gasteiger partial charge in [0.1, 0.15) is 12.1 Å². The van der Waals surface area contributed by atoms with Crippen LogP contribution in [0, 0.1) is 0 Å². The van der Waals surface area contributed by atoms with E-state index in [1.165, 1.54) is 18.7 Å². The Kier molecular flexibility index (Phi) is 7.74. The Morgan fingerprint density at radius 3 is 2.23 bits per heavy atom. The lowest BCUT2D eigenvalue weighted by atomic mass is 9.98. The summed E-state index contributed by atoms with van der Waals surface area (Å²) in [5.74, 6) is -0.309. The monoisotopic (exact) mass is 439 g/mol. The molecule has 1 aliphatic carbocycles. The van der Waals surface area contributed by atoms with Crippen LogP contribution in [0.15, 0.2) is 53.5 Å². The molecule has 0 saturated heterocycles. The van der Waals surface area contributed by atoms with Crippen molar-refractivity contribution < 1.29 is 19.4 Å². The summed E-state index contributed by atoms with van der Waals surface area (Å²) in [7, 11) is 0. The molecular formula is C24H27N2O4S-. The van der Waals surface area contributed by atoms with Crippen molar-refractivity contribution >= 4 is 29.5 Å². The zero-order valence-electron chi connectivity index (χ0n) is 18.0. The normalized spacial score (nSPS) is 15.0. The van der Waals surface area contributed by atoms with Gasteiger partial charge in [0.25, 0.3) is 0 Å². The van der Waals surface area contributed by atoms with Crippen molar-refractivity contribution in [3.63, 3.8) is 0 Å². The van der Waals surface area contributed by atoms with Crippen molar-refractivity contribution in [3.05, 3.63) is 59.7 Å². The van der Waals surface area contributed by atoms with Gasteiger partial charge in [0.15, 0.2) is 5.78 Å². The van der Waals surface area contributed by atoms with Gasteiger partial charge in [-0.15, -0.1) is 0 Å². The van der Waals surface area contributed by atoms with E-state index in [0.717, 1.165) is 22.3 Å². The molecule has 0 aromatic heterocycles. The predicted molar refractivity (Wildman–Crippen MR) is 122 cm³/mol. The number of rotatable bonds is 9. The molecule has 1 aliphatic rings. The fourth-order valence-corrected chi connectivity index (χ4v) is 4.39. The highest BCUT2D eigenvalue weighted by Gasteiger charge is 2.27. The fraction of sp³-hybridized carbons (Fsp3) is 0.375. The van der Waals surface area contributed by atoms with Crippen LogP contribution in [-0.2, 0) is 14.3 Å². The zero-order valence-corrected chi connectivity index (χ0v) is 18.8. The number of ether oxygens (including phenoxy) is 1. The largest absolute Gasteiger partial charge is 0.599 e. The van der Waals surface area contributed by atoms with Gasteiger partial charge in [0.05, 0.1) is 6.04 Å². The molecule has 0 heterocycles. The number of amides is 1. The molecular weight excluding hydrogens is 412 g/mol. The second-order valence-corrected chi connectivity index (χ2v) is 8.39. The van der Waals surface area contributed by atoms with Gasteiger partial charge in [-0.25, -0.2) is 0 Å². The van der Waals surface area contributed by atoms with E-state index in [4.69, 9.17) is 4.74 Å². The maximum absolute atomic E-state index is 12.6. The van der Waals surface area contributed by atoms with Crippen LogP contribution in [0.1, 0.15) is 37.3 Å². The van der Waals surface area contributed by atoms with E-state index in [2.05, 4.69) is 22.4 Å². The van der Waals surface area contributed by atoms with Crippen LogP contribution in [0.4, 0.5) is 0 Å². The number of hydrogen-bond acceptors (Lipinski definition) is 6. The third kappa shape index (κ3) is 5.28. The number of aliphatic imine (C=N–C) groups is 1. The number of carbonyl (C=O) groups excluding carboxylic acids is 2. The Labute approximate surface area is 187 Å². The standard InChI is InChI=1S/C24H28N2O4S/c1-4-21(15(2)27)25-23(28)22(14-31-3)26-24(29)30-13-20-18-11-7-5-9-16(18)17-10-6-8-12-19(17)20/h5-12,20-22H,4,13-14H2,1-3H3,(H,25,28)(H,26,29)/p-1/t21-,22-/m0/s1. The quantitative estimate of drug-likeness (QED) is 0.479. The molecule has 1 amide bonds. The Balaban J connectivity index is 1.72. The topological polar surface area (TPSA) is 90.8 Å². The van der Waals surface area contributed by atoms with E-state index in [1.54, 1.807) is 0 Å². The molecule has 2 aromatic rings. The highest BCUT2D eigenvalue weighted by molar-refractivity contribution is 7.98. The Hall–Kier alpha value is -2.80. The van der Waals surface area contributed by atoms with Crippen molar-refractivity contribution in [2.24, 2.45) is 4.99 Å². The lowest BCUT2D eigenvalue weighted by Gasteiger charge is -2.23. The number of fused-ring (bicyclic) bond motifs is 3. The first-order valence-electron chi connectivity index (χ1n) is 10.3. The molecule has 3 rings (SSSR count). The van der Waals surface area contributed by atoms with Crippen LogP contribution in [0.5, 0.6) is 0 Å². The van der Waals surface area contributed by atoms with E-state index >= 15 is 0 Å². The number of benzene rings is 2. The summed E-state index contributed by atoms with van der Waals surface area (Å²) < 4.78 is 5.48. The van der Waals surface area contributed by atoms with Crippen LogP contribution in [-0.4, -0.2) is 48.5 Å². The Bertz CT molecular complexity index is 930. The maximum Gasteiger partial charge on any atom is 0.246 e. The van der Waals surface area contributed by atoms with Crippen molar-refractivity contribution in [2.45, 2.75) is 38.3 Å². The second kappa shape index (κ2) is 10.5. The third-order valence-electron chi connectivity index (χ3n) is 5.44. The average Bonchev–Trinajstić information content (AvgIpc) is 3.09. The number of carbonyl (C=O) groups is 2. The summed E-state index contributed by atoms with van der Waals surface area (Å²) in [6.07, 6.45) is 1.54. The average molecular weight is 440 g/mol. The molecule has 0 aliphatic heterocycles. The summed E-state index contributed by atoms with van der Waals surface area (Å²) in [4.78, 5) is 28.2. The summed E-state index contributed by atoms with van der Waals surface area (Å²) >= 11 is 1.40. The molecule has 164 valence electrons. The van der Waals surface area contributed by atoms with Crippen LogP contribution in [0.3, 0.4) is 0 Å². The fourth-order valence-electron chi connectivity index (χ4n) is 3.85. The van der Waals surface area contributed by atoms with Crippen molar-refractivity contribution in [1.82, 2.24) is 5.32 Å². The van der Waals surface area contributed by atoms with Gasteiger partial charge in [0.2, 0.25) is 5.91 Å². The van der Waals surface area contributed by atoms with Crippen LogP contribution in [0.25, 0.3) is 11.1 Å². The summed E-state index contributed by atoms with van der Waals surface area (Å²) in [5, 5.41) is 15.1. The molecule has 0 bridgehead atoms. The van der Waals surface area contributed by atoms with Crippen LogP contribution in [0.2, 0.25) is 0 Å². The number of thioether (sulfide) groups is 1. The van der Waals surface area contributed by atoms with E-state index in [-0.39, 0.29) is 18.3 Å². The first kappa shape index (κ1) is 22.9. The minimum atomic E-state index is -0.904. The number of hydrogen-bond donors (Lipinski definition) is 1. The van der Waals surface area contributed by atoms with Crippen molar-refractivity contribution in [1.29, 1.82) is 0 Å². The van der Waals surface area contributed by atoms with Gasteiger partial charge >= 0.3 is 0 Å². The van der Waals surface area contributed by atoms with Crippen LogP contribution >= 0.6 is 11.8 Å². The molecule has 2 aromatic carbocycles. The minimum Gasteiger partial charge on any atom is -0.599 e. The van der Waals surface area contributed by atoms with Gasteiger partial charge in [-0.3, -0.25) is 14.6 Å². The first-order valence-corrected chi connectivity index (χ1v) is 11.7. The van der Waals surface area contributed by atoms with E-state index in [1.807, 2.05) is 49.6 Å². The van der Waals surface area contributed by atoms with E-state index in [9.17, 15) is 14.7 Å². The van der Waals surface area contributed by atoms with Crippen molar-refractivity contribution in [3.8, 4) is 11.1 Å². The summed E-state index contributed by atoms with van der Waals surface area (Å²) in [6.45, 7) is 3.40. The molecule has 0 spiro atoms.